The summed E-state index contributed by atoms with van der Waals surface area (Å²) in [6.45, 7) is 2.04. The van der Waals surface area contributed by atoms with Crippen LogP contribution in [-0.4, -0.2) is 24.1 Å². The number of hydrazone groups is 1. The number of carbonyl (C=O) groups excluding carboxylic acids is 1. The first kappa shape index (κ1) is 16.6. The Labute approximate surface area is 139 Å². The average Bonchev–Trinajstić information content (AvgIpc) is 2.55. The maximum absolute atomic E-state index is 11.7. The van der Waals surface area contributed by atoms with Gasteiger partial charge in [0.05, 0.1) is 12.0 Å². The molecule has 0 radical (unpaired) electrons. The predicted molar refractivity (Wildman–Crippen MR) is 95.9 cm³/mol. The van der Waals surface area contributed by atoms with Gasteiger partial charge in [-0.1, -0.05) is 29.8 Å². The largest absolute Gasteiger partial charge is 0.272 e. The van der Waals surface area contributed by atoms with Gasteiger partial charge in [0.25, 0.3) is 0 Å². The molecule has 0 aliphatic heterocycles. The topological polar surface area (TPSA) is 41.5 Å². The van der Waals surface area contributed by atoms with Gasteiger partial charge in [-0.25, -0.2) is 5.43 Å². The highest BCUT2D eigenvalue weighted by Crippen LogP contribution is 2.17. The highest BCUT2D eigenvalue weighted by atomic mass is 32.2. The molecule has 1 amide bonds. The van der Waals surface area contributed by atoms with Crippen molar-refractivity contribution in [3.63, 3.8) is 0 Å². The Hall–Kier alpha value is -1.72. The standard InChI is InChI=1S/C17H18N2OS2/c1-13-3-7-16(8-4-13)22-12-17(20)19-18-11-14-5-9-15(21-2)10-6-14/h3-11H,12H2,1-2H3,(H,19,20)/b18-11+. The Morgan fingerprint density at radius 3 is 2.36 bits per heavy atom. The van der Waals surface area contributed by atoms with E-state index in [4.69, 9.17) is 0 Å². The Kier molecular flexibility index (Phi) is 6.55. The maximum Gasteiger partial charge on any atom is 0.250 e. The van der Waals surface area contributed by atoms with Crippen molar-refractivity contribution in [2.45, 2.75) is 16.7 Å². The summed E-state index contributed by atoms with van der Waals surface area (Å²) < 4.78 is 0. The zero-order valence-electron chi connectivity index (χ0n) is 12.6. The van der Waals surface area contributed by atoms with Crippen LogP contribution < -0.4 is 5.43 Å². The number of amides is 1. The number of nitrogens with one attached hydrogen (secondary N) is 1. The van der Waals surface area contributed by atoms with Gasteiger partial charge in [-0.3, -0.25) is 4.79 Å². The van der Waals surface area contributed by atoms with Crippen molar-refractivity contribution >= 4 is 35.6 Å². The molecule has 0 aromatic heterocycles. The van der Waals surface area contributed by atoms with E-state index in [0.29, 0.717) is 5.75 Å². The summed E-state index contributed by atoms with van der Waals surface area (Å²) >= 11 is 3.19. The van der Waals surface area contributed by atoms with Gasteiger partial charge in [0.2, 0.25) is 5.91 Å². The van der Waals surface area contributed by atoms with E-state index in [-0.39, 0.29) is 5.91 Å². The number of aryl methyl sites for hydroxylation is 1. The molecule has 5 heteroatoms. The maximum atomic E-state index is 11.7. The first-order valence-corrected chi connectivity index (χ1v) is 9.04. The molecule has 114 valence electrons. The molecule has 0 fully saturated rings. The molecule has 0 aliphatic rings. The molecule has 22 heavy (non-hydrogen) atoms. The Balaban J connectivity index is 1.76. The number of carbonyl (C=O) groups is 1. The van der Waals surface area contributed by atoms with Crippen molar-refractivity contribution in [2.75, 3.05) is 12.0 Å². The third-order valence-corrected chi connectivity index (χ3v) is 4.67. The first-order chi connectivity index (χ1) is 10.7. The highest BCUT2D eigenvalue weighted by Gasteiger charge is 2.01. The lowest BCUT2D eigenvalue weighted by Gasteiger charge is -2.01. The van der Waals surface area contributed by atoms with Crippen molar-refractivity contribution in [1.82, 2.24) is 5.43 Å². The van der Waals surface area contributed by atoms with Gasteiger partial charge in [-0.2, -0.15) is 5.10 Å². The molecule has 0 atom stereocenters. The Morgan fingerprint density at radius 1 is 1.09 bits per heavy atom. The third kappa shape index (κ3) is 5.58. The Bertz CT molecular complexity index is 637. The van der Waals surface area contributed by atoms with E-state index < -0.39 is 0 Å². The van der Waals surface area contributed by atoms with E-state index in [1.54, 1.807) is 18.0 Å². The second-order valence-corrected chi connectivity index (χ2v) is 6.60. The second-order valence-electron chi connectivity index (χ2n) is 4.67. The molecule has 0 spiro atoms. The number of hydrogen-bond donors (Lipinski definition) is 1. The van der Waals surface area contributed by atoms with Gasteiger partial charge in [0.1, 0.15) is 0 Å². The number of rotatable bonds is 6. The van der Waals surface area contributed by atoms with E-state index in [2.05, 4.69) is 10.5 Å². The van der Waals surface area contributed by atoms with Gasteiger partial charge < -0.3 is 0 Å². The smallest absolute Gasteiger partial charge is 0.250 e. The molecule has 0 heterocycles. The summed E-state index contributed by atoms with van der Waals surface area (Å²) in [5.74, 6) is 0.244. The van der Waals surface area contributed by atoms with E-state index in [1.807, 2.05) is 61.7 Å². The van der Waals surface area contributed by atoms with Crippen LogP contribution in [0, 0.1) is 6.92 Å². The zero-order chi connectivity index (χ0) is 15.8. The number of thioether (sulfide) groups is 2. The van der Waals surface area contributed by atoms with Crippen molar-refractivity contribution in [1.29, 1.82) is 0 Å². The van der Waals surface area contributed by atoms with Crippen LogP contribution >= 0.6 is 23.5 Å². The van der Waals surface area contributed by atoms with E-state index in [0.717, 1.165) is 10.5 Å². The lowest BCUT2D eigenvalue weighted by atomic mass is 10.2. The molecular weight excluding hydrogens is 312 g/mol. The minimum absolute atomic E-state index is 0.109. The molecule has 2 aromatic rings. The van der Waals surface area contributed by atoms with Crippen molar-refractivity contribution in [2.24, 2.45) is 5.10 Å². The van der Waals surface area contributed by atoms with Gasteiger partial charge in [0.15, 0.2) is 0 Å². The fraction of sp³-hybridized carbons (Fsp3) is 0.176. The molecule has 2 aromatic carbocycles. The monoisotopic (exact) mass is 330 g/mol. The highest BCUT2D eigenvalue weighted by molar-refractivity contribution is 8.00. The third-order valence-electron chi connectivity index (χ3n) is 2.91. The van der Waals surface area contributed by atoms with Crippen molar-refractivity contribution in [3.8, 4) is 0 Å². The first-order valence-electron chi connectivity index (χ1n) is 6.83. The average molecular weight is 330 g/mol. The summed E-state index contributed by atoms with van der Waals surface area (Å²) in [6, 6.07) is 16.1. The van der Waals surface area contributed by atoms with Crippen LogP contribution in [0.3, 0.4) is 0 Å². The lowest BCUT2D eigenvalue weighted by Crippen LogP contribution is -2.19. The van der Waals surface area contributed by atoms with Gasteiger partial charge in [-0.15, -0.1) is 23.5 Å². The molecule has 0 bridgehead atoms. The van der Waals surface area contributed by atoms with E-state index >= 15 is 0 Å². The minimum Gasteiger partial charge on any atom is -0.272 e. The predicted octanol–water partition coefficient (Wildman–Crippen LogP) is 3.96. The van der Waals surface area contributed by atoms with Crippen molar-refractivity contribution < 1.29 is 4.79 Å². The lowest BCUT2D eigenvalue weighted by molar-refractivity contribution is -0.118. The van der Waals surface area contributed by atoms with Crippen LogP contribution in [0.5, 0.6) is 0 Å². The molecule has 0 unspecified atom stereocenters. The van der Waals surface area contributed by atoms with Crippen molar-refractivity contribution in [3.05, 3.63) is 59.7 Å². The summed E-state index contributed by atoms with van der Waals surface area (Å²) in [7, 11) is 0. The van der Waals surface area contributed by atoms with Gasteiger partial charge in [0, 0.05) is 9.79 Å². The Morgan fingerprint density at radius 2 is 1.73 bits per heavy atom. The molecule has 0 saturated carbocycles. The molecule has 3 nitrogen and oxygen atoms in total. The van der Waals surface area contributed by atoms with Gasteiger partial charge >= 0.3 is 0 Å². The number of hydrogen-bond acceptors (Lipinski definition) is 4. The summed E-state index contributed by atoms with van der Waals surface area (Å²) in [6.07, 6.45) is 3.69. The van der Waals surface area contributed by atoms with Crippen LogP contribution in [-0.2, 0) is 4.79 Å². The van der Waals surface area contributed by atoms with Gasteiger partial charge in [-0.05, 0) is 43.0 Å². The van der Waals surface area contributed by atoms with Crippen LogP contribution in [0.1, 0.15) is 11.1 Å². The summed E-state index contributed by atoms with van der Waals surface area (Å²) in [5.41, 5.74) is 4.72. The quantitative estimate of drug-likeness (QED) is 0.495. The summed E-state index contributed by atoms with van der Waals surface area (Å²) in [4.78, 5) is 14.0. The zero-order valence-corrected chi connectivity index (χ0v) is 14.2. The van der Waals surface area contributed by atoms with Crippen LogP contribution in [0.25, 0.3) is 0 Å². The fourth-order valence-corrected chi connectivity index (χ4v) is 2.78. The molecule has 1 N–H and O–H groups in total. The normalized spacial score (nSPS) is 10.8. The van der Waals surface area contributed by atoms with E-state index in [9.17, 15) is 4.79 Å². The molecule has 2 rings (SSSR count). The van der Waals surface area contributed by atoms with Crippen LogP contribution in [0.15, 0.2) is 63.4 Å². The number of nitrogens with zero attached hydrogens (tertiary/aromatic N) is 1. The molecular formula is C17H18N2OS2. The second kappa shape index (κ2) is 8.66. The molecule has 0 saturated heterocycles. The van der Waals surface area contributed by atoms with E-state index in [1.165, 1.54) is 22.2 Å². The van der Waals surface area contributed by atoms with Crippen LogP contribution in [0.4, 0.5) is 0 Å². The minimum atomic E-state index is -0.109. The summed E-state index contributed by atoms with van der Waals surface area (Å²) in [5, 5.41) is 3.98. The van der Waals surface area contributed by atoms with Crippen LogP contribution in [0.2, 0.25) is 0 Å². The number of benzene rings is 2. The molecule has 0 aliphatic carbocycles. The fourth-order valence-electron chi connectivity index (χ4n) is 1.68. The SMILES string of the molecule is CSc1ccc(/C=N/NC(=O)CSc2ccc(C)cc2)cc1.